The zero-order valence-electron chi connectivity index (χ0n) is 13.4. The number of rotatable bonds is 5. The monoisotopic (exact) mass is 375 g/mol. The van der Waals surface area contributed by atoms with Gasteiger partial charge in [-0.1, -0.05) is 17.7 Å². The van der Waals surface area contributed by atoms with Crippen LogP contribution in [0, 0.1) is 5.82 Å². The minimum Gasteiger partial charge on any atom is -0.503 e. The maximum atomic E-state index is 13.0. The second-order valence-corrected chi connectivity index (χ2v) is 6.49. The highest BCUT2D eigenvalue weighted by molar-refractivity contribution is 7.10. The second kappa shape index (κ2) is 7.68. The third-order valence-corrected chi connectivity index (χ3v) is 4.53. The van der Waals surface area contributed by atoms with Gasteiger partial charge in [0.15, 0.2) is 11.5 Å². The first-order valence-electron chi connectivity index (χ1n) is 7.61. The predicted octanol–water partition coefficient (Wildman–Crippen LogP) is 5.88. The van der Waals surface area contributed by atoms with Gasteiger partial charge in [-0.25, -0.2) is 9.37 Å². The zero-order valence-corrected chi connectivity index (χ0v) is 14.9. The molecule has 0 amide bonds. The van der Waals surface area contributed by atoms with Gasteiger partial charge < -0.3 is 9.84 Å². The quantitative estimate of drug-likeness (QED) is 0.605. The molecule has 0 aliphatic rings. The first-order chi connectivity index (χ1) is 12.1. The van der Waals surface area contributed by atoms with Crippen molar-refractivity contribution in [2.24, 2.45) is 0 Å². The summed E-state index contributed by atoms with van der Waals surface area (Å²) >= 11 is 7.51. The molecule has 0 bridgehead atoms. The number of thiazole rings is 1. The smallest absolute Gasteiger partial charge is 0.176 e. The lowest BCUT2D eigenvalue weighted by atomic mass is 10.2. The fourth-order valence-electron chi connectivity index (χ4n) is 2.24. The topological polar surface area (TPSA) is 42.4 Å². The van der Waals surface area contributed by atoms with E-state index in [0.29, 0.717) is 12.4 Å². The minimum absolute atomic E-state index is 0.0616. The van der Waals surface area contributed by atoms with E-state index < -0.39 is 0 Å². The summed E-state index contributed by atoms with van der Waals surface area (Å²) in [5, 5.41) is 12.8. The SMILES string of the molecule is CCOc1cc(C=Cc2nc(-c3ccc(F)cc3)cs2)cc(Cl)c1O. The Morgan fingerprint density at radius 2 is 2.00 bits per heavy atom. The first kappa shape index (κ1) is 17.5. The lowest BCUT2D eigenvalue weighted by Crippen LogP contribution is -1.92. The Labute approximate surface area is 154 Å². The van der Waals surface area contributed by atoms with Crippen molar-refractivity contribution in [3.05, 3.63) is 63.2 Å². The van der Waals surface area contributed by atoms with Crippen molar-refractivity contribution in [1.29, 1.82) is 0 Å². The van der Waals surface area contributed by atoms with Crippen LogP contribution in [0.3, 0.4) is 0 Å². The molecule has 0 saturated heterocycles. The first-order valence-corrected chi connectivity index (χ1v) is 8.87. The molecule has 0 saturated carbocycles. The van der Waals surface area contributed by atoms with Crippen LogP contribution >= 0.6 is 22.9 Å². The van der Waals surface area contributed by atoms with E-state index in [2.05, 4.69) is 4.98 Å². The predicted molar refractivity (Wildman–Crippen MR) is 101 cm³/mol. The fourth-order valence-corrected chi connectivity index (χ4v) is 3.18. The van der Waals surface area contributed by atoms with Gasteiger partial charge in [-0.05, 0) is 55.0 Å². The molecule has 6 heteroatoms. The fraction of sp³-hybridized carbons (Fsp3) is 0.105. The molecule has 1 aromatic heterocycles. The van der Waals surface area contributed by atoms with Crippen LogP contribution in [0.25, 0.3) is 23.4 Å². The van der Waals surface area contributed by atoms with E-state index in [0.717, 1.165) is 21.8 Å². The van der Waals surface area contributed by atoms with Crippen LogP contribution in [0.5, 0.6) is 11.5 Å². The van der Waals surface area contributed by atoms with Gasteiger partial charge in [0.25, 0.3) is 0 Å². The Bertz CT molecular complexity index is 906. The van der Waals surface area contributed by atoms with Crippen molar-refractivity contribution in [2.45, 2.75) is 6.92 Å². The van der Waals surface area contributed by atoms with Crippen LogP contribution in [0.4, 0.5) is 4.39 Å². The summed E-state index contributed by atoms with van der Waals surface area (Å²) in [6.07, 6.45) is 3.71. The van der Waals surface area contributed by atoms with Gasteiger partial charge in [-0.2, -0.15) is 0 Å². The average Bonchev–Trinajstić information content (AvgIpc) is 3.07. The lowest BCUT2D eigenvalue weighted by molar-refractivity contribution is 0.318. The maximum absolute atomic E-state index is 13.0. The highest BCUT2D eigenvalue weighted by Crippen LogP contribution is 2.35. The number of phenolic OH excluding ortho intramolecular Hbond substituents is 1. The maximum Gasteiger partial charge on any atom is 0.176 e. The number of hydrogen-bond acceptors (Lipinski definition) is 4. The van der Waals surface area contributed by atoms with E-state index in [9.17, 15) is 9.50 Å². The molecule has 0 radical (unpaired) electrons. The molecule has 0 fully saturated rings. The number of halogens is 2. The number of ether oxygens (including phenoxy) is 1. The summed E-state index contributed by atoms with van der Waals surface area (Å²) in [5.41, 5.74) is 2.46. The van der Waals surface area contributed by atoms with Gasteiger partial charge in [-0.15, -0.1) is 11.3 Å². The molecule has 1 heterocycles. The number of hydrogen-bond donors (Lipinski definition) is 1. The molecule has 3 nitrogen and oxygen atoms in total. The van der Waals surface area contributed by atoms with Crippen LogP contribution < -0.4 is 4.74 Å². The van der Waals surface area contributed by atoms with Gasteiger partial charge in [0.1, 0.15) is 10.8 Å². The van der Waals surface area contributed by atoms with Crippen LogP contribution in [-0.2, 0) is 0 Å². The molecule has 0 atom stereocenters. The van der Waals surface area contributed by atoms with Crippen LogP contribution in [-0.4, -0.2) is 16.7 Å². The molecule has 3 rings (SSSR count). The molecule has 1 N–H and O–H groups in total. The summed E-state index contributed by atoms with van der Waals surface area (Å²) in [6.45, 7) is 2.27. The molecule has 2 aromatic carbocycles. The number of benzene rings is 2. The van der Waals surface area contributed by atoms with Crippen molar-refractivity contribution >= 4 is 35.1 Å². The van der Waals surface area contributed by atoms with Gasteiger partial charge in [0, 0.05) is 10.9 Å². The summed E-state index contributed by atoms with van der Waals surface area (Å²) in [7, 11) is 0. The highest BCUT2D eigenvalue weighted by Gasteiger charge is 2.08. The summed E-state index contributed by atoms with van der Waals surface area (Å²) < 4.78 is 18.4. The Balaban J connectivity index is 1.82. The number of aromatic nitrogens is 1. The van der Waals surface area contributed by atoms with Gasteiger partial charge in [-0.3, -0.25) is 0 Å². The second-order valence-electron chi connectivity index (χ2n) is 5.19. The van der Waals surface area contributed by atoms with Crippen molar-refractivity contribution in [2.75, 3.05) is 6.61 Å². The molecule has 25 heavy (non-hydrogen) atoms. The average molecular weight is 376 g/mol. The van der Waals surface area contributed by atoms with Gasteiger partial charge in [0.2, 0.25) is 0 Å². The zero-order chi connectivity index (χ0) is 17.8. The van der Waals surface area contributed by atoms with Crippen LogP contribution in [0.1, 0.15) is 17.5 Å². The van der Waals surface area contributed by atoms with Crippen LogP contribution in [0.2, 0.25) is 5.02 Å². The summed E-state index contributed by atoms with van der Waals surface area (Å²) in [6, 6.07) is 9.61. The summed E-state index contributed by atoms with van der Waals surface area (Å²) in [5.74, 6) is 0.0164. The summed E-state index contributed by atoms with van der Waals surface area (Å²) in [4.78, 5) is 4.52. The van der Waals surface area contributed by atoms with Crippen LogP contribution in [0.15, 0.2) is 41.8 Å². The number of phenols is 1. The lowest BCUT2D eigenvalue weighted by Gasteiger charge is -2.08. The molecule has 128 valence electrons. The van der Waals surface area contributed by atoms with E-state index in [1.54, 1.807) is 24.3 Å². The highest BCUT2D eigenvalue weighted by atomic mass is 35.5. The molecule has 0 aliphatic heterocycles. The third kappa shape index (κ3) is 4.18. The largest absolute Gasteiger partial charge is 0.503 e. The van der Waals surface area contributed by atoms with Crippen molar-refractivity contribution < 1.29 is 14.2 Å². The molecule has 0 aliphatic carbocycles. The van der Waals surface area contributed by atoms with Crippen molar-refractivity contribution in [1.82, 2.24) is 4.98 Å². The third-order valence-electron chi connectivity index (χ3n) is 3.43. The Morgan fingerprint density at radius 3 is 2.72 bits per heavy atom. The van der Waals surface area contributed by atoms with E-state index in [4.69, 9.17) is 16.3 Å². The van der Waals surface area contributed by atoms with Crippen molar-refractivity contribution in [3.63, 3.8) is 0 Å². The van der Waals surface area contributed by atoms with E-state index in [1.165, 1.54) is 23.5 Å². The number of nitrogens with zero attached hydrogens (tertiary/aromatic N) is 1. The van der Waals surface area contributed by atoms with E-state index in [1.807, 2.05) is 24.5 Å². The Morgan fingerprint density at radius 1 is 1.24 bits per heavy atom. The molecule has 3 aromatic rings. The molecule has 0 unspecified atom stereocenters. The molecular formula is C19H15ClFNO2S. The standard InChI is InChI=1S/C19H15ClFNO2S/c1-2-24-17-10-12(9-15(20)19(17)23)3-8-18-22-16(11-25-18)13-4-6-14(21)7-5-13/h3-11,23H,2H2,1H3. The van der Waals surface area contributed by atoms with Gasteiger partial charge >= 0.3 is 0 Å². The number of aromatic hydroxyl groups is 1. The normalized spacial score (nSPS) is 11.2. The Hall–Kier alpha value is -2.37. The Kier molecular flexibility index (Phi) is 5.36. The van der Waals surface area contributed by atoms with Gasteiger partial charge in [0.05, 0.1) is 17.3 Å². The minimum atomic E-state index is -0.270. The van der Waals surface area contributed by atoms with Crippen molar-refractivity contribution in [3.8, 4) is 22.8 Å². The molecule has 0 spiro atoms. The van der Waals surface area contributed by atoms with E-state index >= 15 is 0 Å². The molecular weight excluding hydrogens is 361 g/mol. The van der Waals surface area contributed by atoms with E-state index in [-0.39, 0.29) is 16.6 Å².